The van der Waals surface area contributed by atoms with E-state index >= 15 is 0 Å². The van der Waals surface area contributed by atoms with Crippen LogP contribution in [0, 0.1) is 0 Å². The number of amides is 2. The average Bonchev–Trinajstić information content (AvgIpc) is 3.05. The van der Waals surface area contributed by atoms with Crippen molar-refractivity contribution in [2.75, 3.05) is 131 Å². The molecule has 0 bridgehead atoms. The molecule has 0 radical (unpaired) electrons. The Bertz CT molecular complexity index is 1210. The Labute approximate surface area is 316 Å². The third kappa shape index (κ3) is 24.9. The smallest absolute Gasteiger partial charge is 0.317 e. The van der Waals surface area contributed by atoms with Gasteiger partial charge in [0.2, 0.25) is 11.8 Å². The van der Waals surface area contributed by atoms with Crippen LogP contribution >= 0.6 is 0 Å². The molecule has 0 aromatic rings. The van der Waals surface area contributed by atoms with E-state index in [1.807, 2.05) is 16.7 Å². The lowest BCUT2D eigenvalue weighted by Gasteiger charge is -2.33. The van der Waals surface area contributed by atoms with Crippen LogP contribution in [0.15, 0.2) is 12.3 Å². The summed E-state index contributed by atoms with van der Waals surface area (Å²) in [5.74, 6) is -5.43. The Kier molecular flexibility index (Phi) is 24.2. The van der Waals surface area contributed by atoms with Crippen molar-refractivity contribution in [1.29, 1.82) is 0 Å². The first-order chi connectivity index (χ1) is 25.6. The van der Waals surface area contributed by atoms with E-state index in [1.54, 1.807) is 9.80 Å². The van der Waals surface area contributed by atoms with Crippen LogP contribution in [0.1, 0.15) is 32.6 Å². The molecule has 308 valence electrons. The van der Waals surface area contributed by atoms with Crippen molar-refractivity contribution >= 4 is 41.5 Å². The van der Waals surface area contributed by atoms with Crippen LogP contribution in [-0.4, -0.2) is 227 Å². The number of carbonyl (C=O) groups excluding carboxylic acids is 3. The number of ketones is 1. The van der Waals surface area contributed by atoms with Gasteiger partial charge in [-0.15, -0.1) is 0 Å². The van der Waals surface area contributed by atoms with E-state index in [0.717, 1.165) is 12.8 Å². The molecule has 0 spiro atoms. The lowest BCUT2D eigenvalue weighted by atomic mass is 10.1. The predicted octanol–water partition coefficient (Wildman–Crippen LogP) is -2.40. The number of rotatable bonds is 26. The third-order valence-electron chi connectivity index (χ3n) is 8.47. The normalized spacial score (nSPS) is 15.6. The van der Waals surface area contributed by atoms with Gasteiger partial charge in [0.1, 0.15) is 5.78 Å². The van der Waals surface area contributed by atoms with Crippen LogP contribution in [0.25, 0.3) is 0 Å². The molecule has 1 heterocycles. The number of unbranched alkanes of at least 4 members (excludes halogenated alkanes) is 2. The fraction of sp³-hybridized carbons (Fsp3) is 0.735. The van der Waals surface area contributed by atoms with Gasteiger partial charge >= 0.3 is 23.9 Å². The molecule has 1 fully saturated rings. The lowest BCUT2D eigenvalue weighted by molar-refractivity contribution is -0.141. The van der Waals surface area contributed by atoms with E-state index in [-0.39, 0.29) is 89.4 Å². The molecule has 20 nitrogen and oxygen atoms in total. The first kappa shape index (κ1) is 47.8. The predicted molar refractivity (Wildman–Crippen MR) is 196 cm³/mol. The van der Waals surface area contributed by atoms with Gasteiger partial charge < -0.3 is 36.2 Å². The molecule has 20 heteroatoms. The summed E-state index contributed by atoms with van der Waals surface area (Å²) in [6.07, 6.45) is 2.83. The highest BCUT2D eigenvalue weighted by Crippen LogP contribution is 2.04. The topological polar surface area (TPSA) is 264 Å². The van der Waals surface area contributed by atoms with Crippen molar-refractivity contribution in [1.82, 2.24) is 40.0 Å². The standard InChI is InChI=1S/C34H60N8O12/c1-3-4-5-6-28(44)20-41(25-33(51)52)17-18-42(26-34(53)54)22-30(46)36-8-7-35-29(45)21-38-11-9-37(19-27(2)43)10-13-39(23-31(47)48)15-16-40(14-12-38)24-32(49)50/h43H,2-26H2,1H3,(H,35,45)(H,36,46)(H,47,48)(H,49,50)(H,51,52)(H,53,54). The Morgan fingerprint density at radius 2 is 0.944 bits per heavy atom. The minimum absolute atomic E-state index is 0.0239. The maximum Gasteiger partial charge on any atom is 0.317 e. The van der Waals surface area contributed by atoms with Crippen molar-refractivity contribution in [3.63, 3.8) is 0 Å². The Morgan fingerprint density at radius 3 is 1.35 bits per heavy atom. The molecule has 0 atom stereocenters. The average molecular weight is 773 g/mol. The highest BCUT2D eigenvalue weighted by molar-refractivity contribution is 5.81. The van der Waals surface area contributed by atoms with Crippen molar-refractivity contribution < 1.29 is 59.1 Å². The largest absolute Gasteiger partial charge is 0.512 e. The molecule has 0 unspecified atom stereocenters. The van der Waals surface area contributed by atoms with Gasteiger partial charge in [-0.3, -0.25) is 63.0 Å². The second-order valence-corrected chi connectivity index (χ2v) is 13.4. The van der Waals surface area contributed by atoms with E-state index in [9.17, 15) is 59.1 Å². The van der Waals surface area contributed by atoms with Crippen LogP contribution in [-0.2, 0) is 33.6 Å². The number of hydrogen-bond donors (Lipinski definition) is 7. The molecule has 1 rings (SSSR count). The van der Waals surface area contributed by atoms with Gasteiger partial charge in [0.25, 0.3) is 0 Å². The summed E-state index contributed by atoms with van der Waals surface area (Å²) in [6.45, 7) is 6.77. The van der Waals surface area contributed by atoms with E-state index in [1.165, 1.54) is 9.80 Å². The zero-order valence-electron chi connectivity index (χ0n) is 31.5. The molecule has 1 saturated heterocycles. The summed E-state index contributed by atoms with van der Waals surface area (Å²) in [5.41, 5.74) is 0. The molecular weight excluding hydrogens is 712 g/mol. The SMILES string of the molecule is C=C(O)CN1CCN(CC(=O)O)CCN(CC(=O)O)CCN(CC(=O)NCCNC(=O)CN(CCN(CC(=O)O)CC(=O)CCCCC)CC(=O)O)CC1. The van der Waals surface area contributed by atoms with Crippen LogP contribution in [0.5, 0.6) is 0 Å². The number of nitrogens with zero attached hydrogens (tertiary/aromatic N) is 6. The monoisotopic (exact) mass is 772 g/mol. The number of carboxylic acids is 4. The number of hydrogen-bond acceptors (Lipinski definition) is 14. The van der Waals surface area contributed by atoms with Crippen LogP contribution in [0.3, 0.4) is 0 Å². The quantitative estimate of drug-likeness (QED) is 0.0357. The van der Waals surface area contributed by atoms with Gasteiger partial charge in [0, 0.05) is 85.0 Å². The fourth-order valence-corrected chi connectivity index (χ4v) is 5.77. The Balaban J connectivity index is 2.74. The summed E-state index contributed by atoms with van der Waals surface area (Å²) in [7, 11) is 0. The number of Topliss-reactive ketones (excluding diaryl/α,β-unsaturated/α-hetero) is 1. The summed E-state index contributed by atoms with van der Waals surface area (Å²) in [4.78, 5) is 93.5. The van der Waals surface area contributed by atoms with Crippen molar-refractivity contribution in [3.8, 4) is 0 Å². The molecule has 1 aliphatic heterocycles. The van der Waals surface area contributed by atoms with Crippen molar-refractivity contribution in [2.24, 2.45) is 0 Å². The highest BCUT2D eigenvalue weighted by atomic mass is 16.4. The molecule has 0 saturated carbocycles. The molecule has 7 N–H and O–H groups in total. The molecule has 1 aliphatic rings. The van der Waals surface area contributed by atoms with Gasteiger partial charge in [-0.05, 0) is 6.42 Å². The van der Waals surface area contributed by atoms with Gasteiger partial charge in [-0.25, -0.2) is 0 Å². The number of carbonyl (C=O) groups is 7. The van der Waals surface area contributed by atoms with Gasteiger partial charge in [0.05, 0.1) is 58.1 Å². The number of carboxylic acid groups (broad SMARTS) is 4. The van der Waals surface area contributed by atoms with E-state index < -0.39 is 42.9 Å². The molecule has 2 amide bonds. The second-order valence-electron chi connectivity index (χ2n) is 13.4. The minimum Gasteiger partial charge on any atom is -0.512 e. The first-order valence-electron chi connectivity index (χ1n) is 18.2. The van der Waals surface area contributed by atoms with Crippen LogP contribution in [0.2, 0.25) is 0 Å². The number of aliphatic hydroxyl groups excluding tert-OH is 1. The maximum absolute atomic E-state index is 12.9. The Morgan fingerprint density at radius 1 is 0.537 bits per heavy atom. The van der Waals surface area contributed by atoms with Crippen molar-refractivity contribution in [2.45, 2.75) is 32.6 Å². The molecule has 0 aliphatic carbocycles. The van der Waals surface area contributed by atoms with Crippen LogP contribution < -0.4 is 10.6 Å². The molecular formula is C34H60N8O12. The number of aliphatic carboxylic acids is 4. The number of nitrogens with one attached hydrogen (secondary N) is 2. The minimum atomic E-state index is -1.19. The van der Waals surface area contributed by atoms with Gasteiger partial charge in [-0.2, -0.15) is 0 Å². The van der Waals surface area contributed by atoms with Gasteiger partial charge in [0.15, 0.2) is 0 Å². The molecule has 0 aromatic heterocycles. The zero-order chi connectivity index (χ0) is 40.5. The summed E-state index contributed by atoms with van der Waals surface area (Å²) < 4.78 is 0. The summed E-state index contributed by atoms with van der Waals surface area (Å²) in [5, 5.41) is 52.6. The third-order valence-corrected chi connectivity index (χ3v) is 8.47. The lowest BCUT2D eigenvalue weighted by Crippen LogP contribution is -2.49. The second kappa shape index (κ2) is 27.4. The summed E-state index contributed by atoms with van der Waals surface area (Å²) in [6, 6.07) is 0. The van der Waals surface area contributed by atoms with Crippen molar-refractivity contribution in [3.05, 3.63) is 12.3 Å². The highest BCUT2D eigenvalue weighted by Gasteiger charge is 2.22. The summed E-state index contributed by atoms with van der Waals surface area (Å²) >= 11 is 0. The maximum atomic E-state index is 12.9. The first-order valence-corrected chi connectivity index (χ1v) is 18.2. The van der Waals surface area contributed by atoms with Gasteiger partial charge in [-0.1, -0.05) is 26.3 Å². The fourth-order valence-electron chi connectivity index (χ4n) is 5.77. The van der Waals surface area contributed by atoms with E-state index in [4.69, 9.17) is 0 Å². The van der Waals surface area contributed by atoms with Crippen LogP contribution in [0.4, 0.5) is 0 Å². The van der Waals surface area contributed by atoms with E-state index in [2.05, 4.69) is 17.2 Å². The Hall–Kier alpha value is -4.21. The zero-order valence-corrected chi connectivity index (χ0v) is 31.5. The number of aliphatic hydroxyl groups is 1. The van der Waals surface area contributed by atoms with E-state index in [0.29, 0.717) is 58.7 Å². The molecule has 0 aromatic carbocycles. The molecule has 54 heavy (non-hydrogen) atoms.